The Hall–Kier alpha value is -2.78. The number of nitrogens with zero attached hydrogens (tertiary/aromatic N) is 6. The predicted octanol–water partition coefficient (Wildman–Crippen LogP) is 4.22. The van der Waals surface area contributed by atoms with E-state index in [1.807, 2.05) is 23.6 Å². The van der Waals surface area contributed by atoms with Crippen LogP contribution in [0.3, 0.4) is 0 Å². The summed E-state index contributed by atoms with van der Waals surface area (Å²) in [4.78, 5) is 8.29. The van der Waals surface area contributed by atoms with Crippen LogP contribution in [-0.2, 0) is 6.54 Å². The first-order chi connectivity index (χ1) is 13.6. The van der Waals surface area contributed by atoms with Gasteiger partial charge in [-0.15, -0.1) is 10.2 Å². The number of rotatable bonds is 5. The lowest BCUT2D eigenvalue weighted by Gasteiger charge is -2.10. The summed E-state index contributed by atoms with van der Waals surface area (Å²) in [6, 6.07) is 7.82. The van der Waals surface area contributed by atoms with Crippen molar-refractivity contribution >= 4 is 24.2 Å². The van der Waals surface area contributed by atoms with E-state index in [4.69, 9.17) is 16.1 Å². The van der Waals surface area contributed by atoms with Gasteiger partial charge in [0.2, 0.25) is 0 Å². The fraction of sp³-hybridized carbons (Fsp3) is 0.167. The zero-order valence-electron chi connectivity index (χ0n) is 14.6. The van der Waals surface area contributed by atoms with Gasteiger partial charge in [-0.25, -0.2) is 4.39 Å². The number of halogens is 2. The van der Waals surface area contributed by atoms with Crippen LogP contribution >= 0.6 is 24.2 Å². The summed E-state index contributed by atoms with van der Waals surface area (Å²) < 4.78 is 21.2. The molecule has 10 heteroatoms. The van der Waals surface area contributed by atoms with Crippen molar-refractivity contribution in [3.63, 3.8) is 0 Å². The molecule has 0 bridgehead atoms. The minimum Gasteiger partial charge on any atom is -0.334 e. The Bertz CT molecular complexity index is 1120. The highest BCUT2D eigenvalue weighted by Gasteiger charge is 2.25. The van der Waals surface area contributed by atoms with Crippen LogP contribution in [0.4, 0.5) is 4.39 Å². The number of thiol groups is 1. The van der Waals surface area contributed by atoms with Gasteiger partial charge in [-0.3, -0.25) is 4.98 Å². The Morgan fingerprint density at radius 3 is 2.75 bits per heavy atom. The van der Waals surface area contributed by atoms with Crippen LogP contribution in [0, 0.1) is 5.82 Å². The molecule has 142 valence electrons. The molecular formula is C18H14ClFN6OS. The van der Waals surface area contributed by atoms with E-state index in [9.17, 15) is 4.39 Å². The van der Waals surface area contributed by atoms with Crippen LogP contribution in [-0.4, -0.2) is 29.9 Å². The quantitative estimate of drug-likeness (QED) is 0.490. The van der Waals surface area contributed by atoms with E-state index < -0.39 is 11.1 Å². The average molecular weight is 417 g/mol. The van der Waals surface area contributed by atoms with Crippen molar-refractivity contribution in [2.24, 2.45) is 0 Å². The molecule has 0 fully saturated rings. The van der Waals surface area contributed by atoms with Gasteiger partial charge in [-0.05, 0) is 37.3 Å². The molecule has 0 N–H and O–H groups in total. The lowest BCUT2D eigenvalue weighted by Crippen LogP contribution is -2.08. The fourth-order valence-electron chi connectivity index (χ4n) is 2.78. The van der Waals surface area contributed by atoms with Crippen molar-refractivity contribution in [3.8, 4) is 22.8 Å². The van der Waals surface area contributed by atoms with E-state index in [-0.39, 0.29) is 17.3 Å². The van der Waals surface area contributed by atoms with Crippen molar-refractivity contribution < 1.29 is 8.91 Å². The summed E-state index contributed by atoms with van der Waals surface area (Å²) in [5, 5.41) is 12.2. The minimum atomic E-state index is -0.609. The van der Waals surface area contributed by atoms with Gasteiger partial charge in [0.05, 0.1) is 5.56 Å². The zero-order chi connectivity index (χ0) is 19.7. The lowest BCUT2D eigenvalue weighted by molar-refractivity contribution is 0.420. The molecule has 0 amide bonds. The third-order valence-electron chi connectivity index (χ3n) is 4.12. The summed E-state index contributed by atoms with van der Waals surface area (Å²) in [6.07, 6.45) is 3.37. The summed E-state index contributed by atoms with van der Waals surface area (Å²) in [6.45, 7) is 2.59. The maximum absolute atomic E-state index is 14.1. The molecule has 0 radical (unpaired) electrons. The van der Waals surface area contributed by atoms with E-state index >= 15 is 0 Å². The number of hydrogen-bond acceptors (Lipinski definition) is 7. The smallest absolute Gasteiger partial charge is 0.261 e. The topological polar surface area (TPSA) is 82.5 Å². The first-order valence-electron chi connectivity index (χ1n) is 8.39. The third-order valence-corrected chi connectivity index (χ3v) is 4.82. The first-order valence-corrected chi connectivity index (χ1v) is 9.28. The molecule has 0 saturated heterocycles. The van der Waals surface area contributed by atoms with Gasteiger partial charge in [0, 0.05) is 29.5 Å². The monoisotopic (exact) mass is 416 g/mol. The molecule has 0 aliphatic heterocycles. The SMILES string of the molecule is CCn1c(-c2ccncc2)nnc1C(S)c1noc(-c2cc(Cl)ccc2F)n1. The molecule has 1 aromatic carbocycles. The average Bonchev–Trinajstić information content (AvgIpc) is 3.37. The molecule has 1 unspecified atom stereocenters. The highest BCUT2D eigenvalue weighted by molar-refractivity contribution is 7.80. The molecular weight excluding hydrogens is 403 g/mol. The van der Waals surface area contributed by atoms with Crippen molar-refractivity contribution in [2.75, 3.05) is 0 Å². The van der Waals surface area contributed by atoms with E-state index in [1.165, 1.54) is 18.2 Å². The van der Waals surface area contributed by atoms with E-state index in [0.717, 1.165) is 5.56 Å². The zero-order valence-corrected chi connectivity index (χ0v) is 16.3. The molecule has 3 aromatic heterocycles. The van der Waals surface area contributed by atoms with E-state index in [0.29, 0.717) is 23.2 Å². The van der Waals surface area contributed by atoms with Crippen molar-refractivity contribution in [2.45, 2.75) is 18.7 Å². The summed E-state index contributed by atoms with van der Waals surface area (Å²) >= 11 is 10.5. The molecule has 0 saturated carbocycles. The molecule has 4 rings (SSSR count). The molecule has 1 atom stereocenters. The van der Waals surface area contributed by atoms with Crippen LogP contribution in [0.2, 0.25) is 5.02 Å². The summed E-state index contributed by atoms with van der Waals surface area (Å²) in [7, 11) is 0. The maximum atomic E-state index is 14.1. The second kappa shape index (κ2) is 7.69. The van der Waals surface area contributed by atoms with Crippen LogP contribution in [0.25, 0.3) is 22.8 Å². The molecule has 7 nitrogen and oxygen atoms in total. The second-order valence-electron chi connectivity index (χ2n) is 5.85. The van der Waals surface area contributed by atoms with Crippen LogP contribution in [0.15, 0.2) is 47.2 Å². The molecule has 0 aliphatic carbocycles. The Labute approximate surface area is 170 Å². The highest BCUT2D eigenvalue weighted by Crippen LogP contribution is 2.31. The van der Waals surface area contributed by atoms with Gasteiger partial charge in [-0.1, -0.05) is 16.8 Å². The summed E-state index contributed by atoms with van der Waals surface area (Å²) in [5.41, 5.74) is 1.01. The van der Waals surface area contributed by atoms with Crippen LogP contribution < -0.4 is 0 Å². The number of hydrogen-bond donors (Lipinski definition) is 1. The predicted molar refractivity (Wildman–Crippen MR) is 104 cm³/mol. The molecule has 0 spiro atoms. The lowest BCUT2D eigenvalue weighted by atomic mass is 10.2. The second-order valence-corrected chi connectivity index (χ2v) is 6.80. The molecule has 0 aliphatic rings. The van der Waals surface area contributed by atoms with Gasteiger partial charge < -0.3 is 9.09 Å². The minimum absolute atomic E-state index is 0.0194. The van der Waals surface area contributed by atoms with Gasteiger partial charge in [0.25, 0.3) is 5.89 Å². The van der Waals surface area contributed by atoms with Crippen molar-refractivity contribution in [1.82, 2.24) is 29.9 Å². The first kappa shape index (κ1) is 18.6. The van der Waals surface area contributed by atoms with Crippen molar-refractivity contribution in [3.05, 3.63) is 65.2 Å². The summed E-state index contributed by atoms with van der Waals surface area (Å²) in [5.74, 6) is 0.999. The van der Waals surface area contributed by atoms with Crippen LogP contribution in [0.1, 0.15) is 23.8 Å². The standard InChI is InChI=1S/C18H14ClFN6OS/c1-2-26-16(10-5-7-21-8-6-10)23-24-17(26)14(28)15-22-18(27-25-15)12-9-11(19)3-4-13(12)20/h3-9,14,28H,2H2,1H3. The van der Waals surface area contributed by atoms with Gasteiger partial charge in [0.15, 0.2) is 17.5 Å². The molecule has 4 aromatic rings. The largest absolute Gasteiger partial charge is 0.334 e. The Balaban J connectivity index is 1.69. The Morgan fingerprint density at radius 2 is 2.00 bits per heavy atom. The third kappa shape index (κ3) is 3.38. The van der Waals surface area contributed by atoms with Crippen molar-refractivity contribution in [1.29, 1.82) is 0 Å². The van der Waals surface area contributed by atoms with Gasteiger partial charge in [-0.2, -0.15) is 17.6 Å². The number of pyridine rings is 1. The Kier molecular flexibility index (Phi) is 5.10. The van der Waals surface area contributed by atoms with Gasteiger partial charge >= 0.3 is 0 Å². The fourth-order valence-corrected chi connectivity index (χ4v) is 3.24. The van der Waals surface area contributed by atoms with Gasteiger partial charge in [0.1, 0.15) is 11.1 Å². The van der Waals surface area contributed by atoms with E-state index in [2.05, 4.69) is 38.0 Å². The Morgan fingerprint density at radius 1 is 1.21 bits per heavy atom. The van der Waals surface area contributed by atoms with Crippen LogP contribution in [0.5, 0.6) is 0 Å². The number of aromatic nitrogens is 6. The normalized spacial score (nSPS) is 12.3. The highest BCUT2D eigenvalue weighted by atomic mass is 35.5. The molecule has 28 heavy (non-hydrogen) atoms. The number of benzene rings is 1. The maximum Gasteiger partial charge on any atom is 0.261 e. The molecule has 3 heterocycles. The van der Waals surface area contributed by atoms with E-state index in [1.54, 1.807) is 12.4 Å².